The number of aromatic nitrogens is 5. The third-order valence-corrected chi connectivity index (χ3v) is 39.0. The second-order valence-electron chi connectivity index (χ2n) is 24.3. The van der Waals surface area contributed by atoms with Gasteiger partial charge in [0.05, 0.1) is 34.9 Å². The Morgan fingerprint density at radius 2 is 0.840 bits per heavy atom. The molecule has 5 aromatic heterocycles. The van der Waals surface area contributed by atoms with Crippen LogP contribution < -0.4 is 20.1 Å². The van der Waals surface area contributed by atoms with Gasteiger partial charge in [-0.15, -0.1) is 56.7 Å². The lowest BCUT2D eigenvalue weighted by Crippen LogP contribution is -2.44. The maximum absolute atomic E-state index is 12.8. The Labute approximate surface area is 502 Å². The molecule has 462 valence electrons. The second-order valence-corrected chi connectivity index (χ2v) is 49.8. The van der Waals surface area contributed by atoms with Gasteiger partial charge in [0, 0.05) is 51.7 Å². The van der Waals surface area contributed by atoms with Crippen molar-refractivity contribution in [1.29, 1.82) is 19.1 Å². The van der Waals surface area contributed by atoms with Crippen molar-refractivity contribution in [2.75, 3.05) is 5.38 Å². The topological polar surface area (TPSA) is 442 Å². The zero-order valence-electron chi connectivity index (χ0n) is 49.8. The van der Waals surface area contributed by atoms with E-state index < -0.39 is 88.0 Å². The lowest BCUT2D eigenvalue weighted by Gasteiger charge is -2.36. The van der Waals surface area contributed by atoms with Crippen LogP contribution in [0.25, 0.3) is 0 Å². The average molecular weight is 1360 g/mol. The normalized spacial score (nSPS) is 16.5. The smallest absolute Gasteiger partial charge is 0.204 e. The first-order valence-electron chi connectivity index (χ1n) is 24.1. The number of hydrogen-bond donors (Lipinski definition) is 11. The summed E-state index contributed by atoms with van der Waals surface area (Å²) >= 11 is 5.47. The zero-order chi connectivity index (χ0) is 64.2. The molecule has 0 saturated carbocycles. The van der Waals surface area contributed by atoms with Crippen LogP contribution in [0.4, 0.5) is 0 Å². The summed E-state index contributed by atoms with van der Waals surface area (Å²) in [5.74, 6) is -0.408. The molecular weight excluding hydrogens is 1270 g/mol. The molecule has 0 bridgehead atoms. The van der Waals surface area contributed by atoms with E-state index in [-0.39, 0.29) is 46.0 Å². The first-order chi connectivity index (χ1) is 35.6. The van der Waals surface area contributed by atoms with Crippen molar-refractivity contribution in [3.8, 4) is 0 Å². The van der Waals surface area contributed by atoms with Gasteiger partial charge < -0.3 is 15.3 Å². The number of ketones is 2. The molecule has 0 fully saturated rings. The molecule has 0 aliphatic rings. The Kier molecular flexibility index (Phi) is 25.4. The van der Waals surface area contributed by atoms with E-state index in [4.69, 9.17) is 34.5 Å². The van der Waals surface area contributed by atoms with E-state index in [0.29, 0.717) is 31.1 Å². The summed E-state index contributed by atoms with van der Waals surface area (Å²) in [6.07, 6.45) is 0. The van der Waals surface area contributed by atoms with E-state index >= 15 is 0 Å². The molecule has 0 aromatic carbocycles. The van der Waals surface area contributed by atoms with Gasteiger partial charge >= 0.3 is 0 Å². The number of carbonyl (C=O) groups is 2. The molecule has 0 saturated heterocycles. The van der Waals surface area contributed by atoms with Crippen molar-refractivity contribution in [3.05, 3.63) is 55.4 Å². The molecule has 0 radical (unpaired) electrons. The molecule has 0 spiro atoms. The van der Waals surface area contributed by atoms with E-state index in [0.717, 1.165) is 34.0 Å². The van der Waals surface area contributed by atoms with Crippen LogP contribution in [0.1, 0.15) is 156 Å². The van der Waals surface area contributed by atoms with E-state index in [1.807, 2.05) is 33.9 Å². The maximum Gasteiger partial charge on any atom is 0.204 e. The minimum absolute atomic E-state index is 0.00676. The minimum Gasteiger partial charge on any atom is -0.384 e. The summed E-state index contributed by atoms with van der Waals surface area (Å²) in [7, 11) is -19.5. The number of nitrogens with one attached hydrogen (secondary N) is 5. The Morgan fingerprint density at radius 1 is 0.531 bits per heavy atom. The van der Waals surface area contributed by atoms with Gasteiger partial charge in [0.25, 0.3) is 0 Å². The lowest BCUT2D eigenvalue weighted by molar-refractivity contribution is 0.0735. The van der Waals surface area contributed by atoms with Crippen molar-refractivity contribution in [1.82, 2.24) is 29.6 Å². The average Bonchev–Trinajstić information content (AvgIpc) is 4.07. The standard InChI is InChI=1S/C13H26N2O2S2Si.C12H25N3O2S2Si.C9H15N3O2S2.C6H11N3O2S2.C5H7N3O2S2/c1-12(2,3)20(6,7)9-19(14,17)11-15-10(8-18-11)13(4,5)16;1-11(2,3)20(6,7)15-19(13,17)10-14-9(8-18-10)12(4,5)16;1-6(13)7-5-15-8(11-7)16(10,14)12-9(2,3)4;1-6(2,10)4-3-12-5(9-4)13(7,8)11;1-3(9)4-2-11-5(8-4)12(6,7)10/h8,14,16H,9H2,1-7H3;8,16H,1-7H3,(H2,13,15,17);5H,1-4H3,(H2,10,12,14);3,10H,1-2H3,(H3,7,8,11);2H,1H3,(H3,6,7,10). The van der Waals surface area contributed by atoms with E-state index in [1.54, 1.807) is 57.7 Å². The Bertz CT molecular complexity index is 3570. The number of nitrogens with two attached hydrogens (primary N) is 3. The maximum atomic E-state index is 12.8. The predicted molar refractivity (Wildman–Crippen MR) is 336 cm³/mol. The molecule has 14 N–H and O–H groups in total. The highest BCUT2D eigenvalue weighted by atomic mass is 32.3. The van der Waals surface area contributed by atoms with Crippen LogP contribution in [0.3, 0.4) is 0 Å². The molecule has 0 amide bonds. The number of thiazole rings is 5. The fraction of sp³-hybridized carbons (Fsp3) is 0.622. The molecule has 81 heavy (non-hydrogen) atoms. The minimum atomic E-state index is -3.26. The highest BCUT2D eigenvalue weighted by Crippen LogP contribution is 2.40. The van der Waals surface area contributed by atoms with E-state index in [9.17, 15) is 46.0 Å². The van der Waals surface area contributed by atoms with Crippen LogP contribution in [0.15, 0.2) is 52.6 Å². The van der Waals surface area contributed by atoms with Gasteiger partial charge in [-0.3, -0.25) is 13.6 Å². The number of nitrogens with zero attached hydrogens (tertiary/aromatic N) is 6. The van der Waals surface area contributed by atoms with Crippen molar-refractivity contribution < 1.29 is 46.0 Å². The number of hydrogen-bond acceptors (Lipinski definition) is 25. The summed E-state index contributed by atoms with van der Waals surface area (Å²) < 4.78 is 97.5. The Balaban J connectivity index is 0.000000513. The molecule has 5 aromatic rings. The van der Waals surface area contributed by atoms with Crippen molar-refractivity contribution >= 4 is 134 Å². The van der Waals surface area contributed by atoms with Gasteiger partial charge in [-0.25, -0.2) is 85.2 Å². The molecule has 24 nitrogen and oxygen atoms in total. The lowest BCUT2D eigenvalue weighted by atomic mass is 10.1. The summed E-state index contributed by atoms with van der Waals surface area (Å²) in [4.78, 5) is 41.6. The van der Waals surface area contributed by atoms with Crippen LogP contribution in [0.5, 0.6) is 0 Å². The van der Waals surface area contributed by atoms with E-state index in [2.05, 4.69) is 88.3 Å². The SMILES string of the molecule is CC(=O)c1csc(S(=N)(=O)NC(C)(C)C)n1.CC(=O)c1csc(S(=N)(N)=O)n1.CC(C)(O)c1csc(S(=N)(=O)C[Si](C)(C)C(C)(C)C)n1.CC(C)(O)c1csc(S(=N)(N)=O)n1.CC(C)(O)c1csc(S(N)(=O)=N[Si](C)(C)C(C)(C)C)n1. The molecule has 36 heteroatoms. The summed E-state index contributed by atoms with van der Waals surface area (Å²) in [5, 5.41) is 53.7. The number of rotatable bonds is 14. The van der Waals surface area contributed by atoms with Crippen LogP contribution >= 0.6 is 56.7 Å². The molecule has 5 heterocycles. The third-order valence-electron chi connectivity index (χ3n) is 11.6. The first kappa shape index (κ1) is 76.4. The van der Waals surface area contributed by atoms with Crippen molar-refractivity contribution in [2.45, 2.75) is 198 Å². The highest BCUT2D eigenvalue weighted by molar-refractivity contribution is 7.96. The summed E-state index contributed by atoms with van der Waals surface area (Å²) in [6, 6.07) is 0. The van der Waals surface area contributed by atoms with Crippen molar-refractivity contribution in [3.63, 3.8) is 0 Å². The molecule has 0 aliphatic carbocycles. The second kappa shape index (κ2) is 27.0. The number of Topliss-reactive ketones (excluding diaryl/α,β-unsaturated/α-hetero) is 2. The molecular formula is C45H84N14O10S10Si2. The quantitative estimate of drug-likeness (QED) is 0.0364. The molecule has 0 aliphatic heterocycles. The van der Waals surface area contributed by atoms with Crippen LogP contribution in [0.2, 0.25) is 36.3 Å². The van der Waals surface area contributed by atoms with Gasteiger partial charge in [0.15, 0.2) is 63.8 Å². The molecule has 5 rings (SSSR count). The van der Waals surface area contributed by atoms with Crippen LogP contribution in [-0.4, -0.2) is 100 Å². The summed E-state index contributed by atoms with van der Waals surface area (Å²) in [5.41, 5.74) is -1.83. The van der Waals surface area contributed by atoms with Gasteiger partial charge in [-0.1, -0.05) is 54.6 Å². The summed E-state index contributed by atoms with van der Waals surface area (Å²) in [6.45, 7) is 39.0. The fourth-order valence-electron chi connectivity index (χ4n) is 4.93. The molecule has 5 unspecified atom stereocenters. The van der Waals surface area contributed by atoms with Crippen LogP contribution in [0, 0.1) is 19.1 Å². The Hall–Kier alpha value is -2.61. The highest BCUT2D eigenvalue weighted by Gasteiger charge is 2.40. The zero-order valence-corrected chi connectivity index (χ0v) is 60.0. The molecule has 5 atom stereocenters. The van der Waals surface area contributed by atoms with Gasteiger partial charge in [0.2, 0.25) is 17.4 Å². The van der Waals surface area contributed by atoms with Gasteiger partial charge in [-0.2, -0.15) is 0 Å². The fourth-order valence-corrected chi connectivity index (χ4v) is 25.3. The Morgan fingerprint density at radius 3 is 1.12 bits per heavy atom. The number of aliphatic hydroxyl groups is 3. The predicted octanol–water partition coefficient (Wildman–Crippen LogP) is 10.2. The van der Waals surface area contributed by atoms with Gasteiger partial charge in [0.1, 0.15) is 28.2 Å². The number of carbonyl (C=O) groups excluding carboxylic acids is 2. The largest absolute Gasteiger partial charge is 0.384 e. The monoisotopic (exact) mass is 1360 g/mol. The van der Waals surface area contributed by atoms with Crippen molar-refractivity contribution in [2.24, 2.45) is 19.4 Å². The van der Waals surface area contributed by atoms with Crippen LogP contribution in [-0.2, 0) is 66.2 Å². The van der Waals surface area contributed by atoms with Gasteiger partial charge in [-0.05, 0) is 85.5 Å². The third kappa shape index (κ3) is 24.4. The van der Waals surface area contributed by atoms with E-state index in [1.165, 1.54) is 47.3 Å². The first-order valence-corrected chi connectivity index (χ1v) is 42.7.